The van der Waals surface area contributed by atoms with Crippen LogP contribution in [0.3, 0.4) is 0 Å². The van der Waals surface area contributed by atoms with E-state index in [0.717, 1.165) is 6.07 Å². The second kappa shape index (κ2) is 6.37. The molecular formula is C11H12F3NO4. The lowest BCUT2D eigenvalue weighted by Crippen LogP contribution is -2.13. The largest absolute Gasteiger partial charge is 0.477 e. The molecule has 1 heterocycles. The van der Waals surface area contributed by atoms with E-state index in [-0.39, 0.29) is 6.61 Å². The summed E-state index contributed by atoms with van der Waals surface area (Å²) in [5.41, 5.74) is -1.61. The van der Waals surface area contributed by atoms with Crippen molar-refractivity contribution in [3.8, 4) is 5.88 Å². The fourth-order valence-corrected chi connectivity index (χ4v) is 1.24. The van der Waals surface area contributed by atoms with Gasteiger partial charge in [-0.05, 0) is 12.1 Å². The van der Waals surface area contributed by atoms with Crippen LogP contribution in [-0.4, -0.2) is 36.4 Å². The summed E-state index contributed by atoms with van der Waals surface area (Å²) in [7, 11) is 1.46. The Morgan fingerprint density at radius 2 is 2.05 bits per heavy atom. The van der Waals surface area contributed by atoms with Gasteiger partial charge < -0.3 is 14.6 Å². The van der Waals surface area contributed by atoms with E-state index in [1.165, 1.54) is 7.11 Å². The number of ether oxygens (including phenoxy) is 2. The first-order valence-electron chi connectivity index (χ1n) is 5.29. The van der Waals surface area contributed by atoms with Crippen LogP contribution in [0.15, 0.2) is 12.1 Å². The second-order valence-corrected chi connectivity index (χ2v) is 3.55. The number of pyridine rings is 1. The third-order valence-corrected chi connectivity index (χ3v) is 2.11. The third kappa shape index (κ3) is 4.40. The Morgan fingerprint density at radius 3 is 2.58 bits per heavy atom. The number of alkyl halides is 3. The summed E-state index contributed by atoms with van der Waals surface area (Å²) < 4.78 is 47.1. The lowest BCUT2D eigenvalue weighted by atomic mass is 10.2. The maximum atomic E-state index is 12.5. The number of carbonyl (C=O) groups is 1. The Balaban J connectivity index is 2.93. The molecule has 1 rings (SSSR count). The summed E-state index contributed by atoms with van der Waals surface area (Å²) in [6.07, 6.45) is -4.24. The highest BCUT2D eigenvalue weighted by atomic mass is 19.4. The number of hydrogen-bond donors (Lipinski definition) is 1. The van der Waals surface area contributed by atoms with Crippen molar-refractivity contribution < 1.29 is 32.5 Å². The zero-order valence-corrected chi connectivity index (χ0v) is 10.0. The van der Waals surface area contributed by atoms with E-state index in [4.69, 9.17) is 14.6 Å². The van der Waals surface area contributed by atoms with Crippen LogP contribution < -0.4 is 4.74 Å². The van der Waals surface area contributed by atoms with Crippen LogP contribution >= 0.6 is 0 Å². The second-order valence-electron chi connectivity index (χ2n) is 3.55. The predicted molar refractivity (Wildman–Crippen MR) is 58.2 cm³/mol. The number of halogens is 3. The Labute approximate surface area is 107 Å². The zero-order chi connectivity index (χ0) is 14.5. The summed E-state index contributed by atoms with van der Waals surface area (Å²) in [6.45, 7) is 0.365. The Kier molecular flexibility index (Phi) is 5.11. The molecule has 1 aromatic heterocycles. The van der Waals surface area contributed by atoms with Gasteiger partial charge in [0.05, 0.1) is 6.61 Å². The Bertz CT molecular complexity index is 448. The average Bonchev–Trinajstić information content (AvgIpc) is 2.33. The molecule has 1 N–H and O–H groups in total. The molecule has 0 radical (unpaired) electrons. The monoisotopic (exact) mass is 279 g/mol. The van der Waals surface area contributed by atoms with Gasteiger partial charge in [0.2, 0.25) is 5.88 Å². The Morgan fingerprint density at radius 1 is 1.37 bits per heavy atom. The molecule has 8 heteroatoms. The van der Waals surface area contributed by atoms with Crippen molar-refractivity contribution in [1.82, 2.24) is 4.98 Å². The maximum absolute atomic E-state index is 12.5. The van der Waals surface area contributed by atoms with E-state index in [1.807, 2.05) is 0 Å². The number of carboxylic acids is 1. The van der Waals surface area contributed by atoms with Crippen LogP contribution in [0.2, 0.25) is 0 Å². The summed E-state index contributed by atoms with van der Waals surface area (Å²) in [5.74, 6) is -1.94. The van der Waals surface area contributed by atoms with Gasteiger partial charge in [-0.15, -0.1) is 0 Å². The number of rotatable bonds is 6. The van der Waals surface area contributed by atoms with Crippen molar-refractivity contribution in [2.45, 2.75) is 12.6 Å². The third-order valence-electron chi connectivity index (χ3n) is 2.11. The molecule has 106 valence electrons. The number of aromatic nitrogens is 1. The normalized spacial score (nSPS) is 11.4. The molecule has 0 aliphatic rings. The smallest absolute Gasteiger partial charge is 0.433 e. The molecule has 0 bridgehead atoms. The van der Waals surface area contributed by atoms with Crippen LogP contribution in [0.25, 0.3) is 0 Å². The van der Waals surface area contributed by atoms with E-state index in [2.05, 4.69) is 4.98 Å². The van der Waals surface area contributed by atoms with Crippen molar-refractivity contribution in [2.75, 3.05) is 20.3 Å². The molecular weight excluding hydrogens is 267 g/mol. The van der Waals surface area contributed by atoms with Gasteiger partial charge in [-0.1, -0.05) is 0 Å². The predicted octanol–water partition coefficient (Wildman–Crippen LogP) is 2.21. The van der Waals surface area contributed by atoms with E-state index >= 15 is 0 Å². The number of methoxy groups -OCH3 is 1. The van der Waals surface area contributed by atoms with Gasteiger partial charge >= 0.3 is 12.1 Å². The zero-order valence-electron chi connectivity index (χ0n) is 10.0. The molecule has 0 saturated heterocycles. The summed E-state index contributed by atoms with van der Waals surface area (Å²) >= 11 is 0. The lowest BCUT2D eigenvalue weighted by Gasteiger charge is -2.11. The SMILES string of the molecule is COCCCOc1nc(C(F)(F)F)ccc1C(=O)O. The maximum Gasteiger partial charge on any atom is 0.433 e. The fraction of sp³-hybridized carbons (Fsp3) is 0.455. The highest BCUT2D eigenvalue weighted by Gasteiger charge is 2.33. The molecule has 0 spiro atoms. The molecule has 1 aromatic rings. The minimum Gasteiger partial charge on any atom is -0.477 e. The molecule has 5 nitrogen and oxygen atoms in total. The van der Waals surface area contributed by atoms with Crippen LogP contribution in [0.1, 0.15) is 22.5 Å². The molecule has 0 atom stereocenters. The Hall–Kier alpha value is -1.83. The highest BCUT2D eigenvalue weighted by Crippen LogP contribution is 2.30. The van der Waals surface area contributed by atoms with Gasteiger partial charge in [-0.25, -0.2) is 9.78 Å². The molecule has 0 aliphatic heterocycles. The van der Waals surface area contributed by atoms with Crippen LogP contribution in [0.4, 0.5) is 13.2 Å². The van der Waals surface area contributed by atoms with Crippen molar-refractivity contribution in [3.05, 3.63) is 23.4 Å². The molecule has 0 unspecified atom stereocenters. The van der Waals surface area contributed by atoms with Crippen molar-refractivity contribution in [1.29, 1.82) is 0 Å². The summed E-state index contributed by atoms with van der Waals surface area (Å²) in [6, 6.07) is 1.43. The van der Waals surface area contributed by atoms with E-state index in [9.17, 15) is 18.0 Å². The first-order valence-corrected chi connectivity index (χ1v) is 5.29. The van der Waals surface area contributed by atoms with Crippen LogP contribution in [0.5, 0.6) is 5.88 Å². The molecule has 0 aliphatic carbocycles. The van der Waals surface area contributed by atoms with Crippen LogP contribution in [-0.2, 0) is 10.9 Å². The lowest BCUT2D eigenvalue weighted by molar-refractivity contribution is -0.141. The van der Waals surface area contributed by atoms with E-state index in [1.54, 1.807) is 0 Å². The van der Waals surface area contributed by atoms with Gasteiger partial charge in [0.25, 0.3) is 0 Å². The van der Waals surface area contributed by atoms with Gasteiger partial charge in [0.15, 0.2) is 0 Å². The number of aromatic carboxylic acids is 1. The van der Waals surface area contributed by atoms with Crippen molar-refractivity contribution >= 4 is 5.97 Å². The molecule has 19 heavy (non-hydrogen) atoms. The van der Waals surface area contributed by atoms with E-state index in [0.29, 0.717) is 19.1 Å². The first-order chi connectivity index (χ1) is 8.86. The van der Waals surface area contributed by atoms with Gasteiger partial charge in [-0.2, -0.15) is 13.2 Å². The first kappa shape index (κ1) is 15.2. The quantitative estimate of drug-likeness (QED) is 0.808. The minimum atomic E-state index is -4.65. The highest BCUT2D eigenvalue weighted by molar-refractivity contribution is 5.90. The molecule has 0 saturated carbocycles. The summed E-state index contributed by atoms with van der Waals surface area (Å²) in [5, 5.41) is 8.84. The molecule has 0 aromatic carbocycles. The average molecular weight is 279 g/mol. The van der Waals surface area contributed by atoms with Crippen LogP contribution in [0, 0.1) is 0 Å². The molecule has 0 fully saturated rings. The van der Waals surface area contributed by atoms with Crippen molar-refractivity contribution in [2.24, 2.45) is 0 Å². The number of hydrogen-bond acceptors (Lipinski definition) is 4. The van der Waals surface area contributed by atoms with Gasteiger partial charge in [0, 0.05) is 20.1 Å². The van der Waals surface area contributed by atoms with Crippen molar-refractivity contribution in [3.63, 3.8) is 0 Å². The number of carboxylic acid groups (broad SMARTS) is 1. The van der Waals surface area contributed by atoms with Gasteiger partial charge in [0.1, 0.15) is 11.3 Å². The topological polar surface area (TPSA) is 68.7 Å². The fourth-order valence-electron chi connectivity index (χ4n) is 1.24. The summed E-state index contributed by atoms with van der Waals surface area (Å²) in [4.78, 5) is 14.0. The van der Waals surface area contributed by atoms with Gasteiger partial charge in [-0.3, -0.25) is 0 Å². The van der Waals surface area contributed by atoms with E-state index < -0.39 is 29.3 Å². The minimum absolute atomic E-state index is 0.0163. The standard InChI is InChI=1S/C11H12F3NO4/c1-18-5-2-6-19-9-7(10(16)17)3-4-8(15-9)11(12,13)14/h3-4H,2,5-6H2,1H3,(H,16,17). The number of nitrogens with zero attached hydrogens (tertiary/aromatic N) is 1. The molecule has 0 amide bonds.